The van der Waals surface area contributed by atoms with Crippen LogP contribution in [0.15, 0.2) is 11.6 Å². The number of esters is 1. The summed E-state index contributed by atoms with van der Waals surface area (Å²) in [6.45, 7) is 10.9. The highest BCUT2D eigenvalue weighted by molar-refractivity contribution is 5.70. The summed E-state index contributed by atoms with van der Waals surface area (Å²) in [6, 6.07) is 0. The Hall–Kier alpha value is -0.830. The van der Waals surface area contributed by atoms with Crippen LogP contribution in [-0.4, -0.2) is 44.2 Å². The molecule has 3 nitrogen and oxygen atoms in total. The average molecular weight is 411 g/mol. The van der Waals surface area contributed by atoms with Crippen LogP contribution in [0.25, 0.3) is 0 Å². The van der Waals surface area contributed by atoms with Crippen molar-refractivity contribution in [2.75, 3.05) is 33.8 Å². The Morgan fingerprint density at radius 1 is 0.897 bits per heavy atom. The number of rotatable bonds is 19. The van der Waals surface area contributed by atoms with E-state index in [2.05, 4.69) is 47.9 Å². The van der Waals surface area contributed by atoms with Crippen LogP contribution < -0.4 is 0 Å². The molecule has 172 valence electrons. The van der Waals surface area contributed by atoms with Gasteiger partial charge in [-0.05, 0) is 51.9 Å². The first-order chi connectivity index (χ1) is 13.8. The monoisotopic (exact) mass is 410 g/mol. The summed E-state index contributed by atoms with van der Waals surface area (Å²) >= 11 is 0. The van der Waals surface area contributed by atoms with E-state index in [0.29, 0.717) is 19.1 Å². The van der Waals surface area contributed by atoms with E-state index in [9.17, 15) is 4.79 Å². The predicted octanol–water partition coefficient (Wildman–Crippen LogP) is 7.30. The maximum Gasteiger partial charge on any atom is 0.361 e. The van der Waals surface area contributed by atoms with Crippen LogP contribution in [0.1, 0.15) is 111 Å². The molecular formula is C26H52NO2+. The zero-order chi connectivity index (χ0) is 22.0. The van der Waals surface area contributed by atoms with Crippen LogP contribution in [-0.2, 0) is 9.53 Å². The molecule has 0 amide bonds. The second kappa shape index (κ2) is 18.0. The Kier molecular flexibility index (Phi) is 17.5. The fourth-order valence-corrected chi connectivity index (χ4v) is 3.68. The molecule has 0 heterocycles. The lowest BCUT2D eigenvalue weighted by Crippen LogP contribution is -2.45. The Morgan fingerprint density at radius 3 is 2.00 bits per heavy atom. The molecule has 0 aliphatic carbocycles. The van der Waals surface area contributed by atoms with Crippen molar-refractivity contribution in [1.29, 1.82) is 0 Å². The van der Waals surface area contributed by atoms with Gasteiger partial charge in [0.15, 0.2) is 6.54 Å². The summed E-state index contributed by atoms with van der Waals surface area (Å²) in [4.78, 5) is 12.2. The van der Waals surface area contributed by atoms with Gasteiger partial charge < -0.3 is 9.22 Å². The minimum absolute atomic E-state index is 0.0430. The Balaban J connectivity index is 3.69. The lowest BCUT2D eigenvalue weighted by Gasteiger charge is -2.28. The average Bonchev–Trinajstić information content (AvgIpc) is 2.62. The van der Waals surface area contributed by atoms with Crippen molar-refractivity contribution in [2.45, 2.75) is 111 Å². The third-order valence-corrected chi connectivity index (χ3v) is 5.76. The van der Waals surface area contributed by atoms with Gasteiger partial charge in [-0.15, -0.1) is 0 Å². The van der Waals surface area contributed by atoms with Crippen molar-refractivity contribution < 1.29 is 14.0 Å². The number of nitrogens with zero attached hydrogens (tertiary/aromatic N) is 1. The zero-order valence-corrected chi connectivity index (χ0v) is 20.7. The van der Waals surface area contributed by atoms with Gasteiger partial charge in [0.05, 0.1) is 27.2 Å². The fourth-order valence-electron chi connectivity index (χ4n) is 3.68. The fraction of sp³-hybridized carbons (Fsp3) is 0.885. The number of hydrogen-bond donors (Lipinski definition) is 0. The number of carbonyl (C=O) groups excluding carboxylic acids is 1. The molecule has 0 aromatic rings. The first-order valence-electron chi connectivity index (χ1n) is 12.4. The maximum atomic E-state index is 12.2. The molecule has 29 heavy (non-hydrogen) atoms. The molecule has 0 aromatic heterocycles. The van der Waals surface area contributed by atoms with Crippen molar-refractivity contribution >= 4 is 5.97 Å². The molecule has 0 aromatic carbocycles. The molecule has 0 radical (unpaired) electrons. The van der Waals surface area contributed by atoms with Crippen LogP contribution in [0.5, 0.6) is 0 Å². The van der Waals surface area contributed by atoms with Gasteiger partial charge in [-0.1, -0.05) is 76.9 Å². The third-order valence-electron chi connectivity index (χ3n) is 5.76. The topological polar surface area (TPSA) is 26.3 Å². The van der Waals surface area contributed by atoms with Gasteiger partial charge in [-0.3, -0.25) is 0 Å². The van der Waals surface area contributed by atoms with E-state index in [0.717, 1.165) is 23.9 Å². The number of quaternary nitrogens is 1. The molecule has 0 N–H and O–H groups in total. The quantitative estimate of drug-likeness (QED) is 0.0966. The van der Waals surface area contributed by atoms with E-state index < -0.39 is 0 Å². The molecule has 0 aliphatic heterocycles. The van der Waals surface area contributed by atoms with Crippen molar-refractivity contribution in [3.05, 3.63) is 11.6 Å². The normalized spacial score (nSPS) is 12.6. The summed E-state index contributed by atoms with van der Waals surface area (Å²) in [5.74, 6) is 0.561. The molecular weight excluding hydrogens is 358 g/mol. The van der Waals surface area contributed by atoms with Gasteiger partial charge >= 0.3 is 5.97 Å². The summed E-state index contributed by atoms with van der Waals surface area (Å²) in [5, 5.41) is 0. The molecule has 0 bridgehead atoms. The highest BCUT2D eigenvalue weighted by Crippen LogP contribution is 2.13. The lowest BCUT2D eigenvalue weighted by atomic mass is 10.0. The number of unbranched alkanes of at least 4 members (excludes halogenated alkanes) is 9. The highest BCUT2D eigenvalue weighted by Gasteiger charge is 2.20. The third kappa shape index (κ3) is 20.2. The molecule has 3 heteroatoms. The van der Waals surface area contributed by atoms with Gasteiger partial charge in [0.1, 0.15) is 0 Å². The van der Waals surface area contributed by atoms with E-state index in [1.54, 1.807) is 0 Å². The first-order valence-corrected chi connectivity index (χ1v) is 12.4. The van der Waals surface area contributed by atoms with Crippen LogP contribution in [0.2, 0.25) is 0 Å². The Bertz CT molecular complexity index is 424. The standard InChI is InChI=1S/C26H52NO2/c1-7-8-9-10-11-12-13-14-15-16-21-27(5,6)23-26(28)29-22-20-25(4)19-17-18-24(2)3/h18,25H,7-17,19-23H2,1-6H3/q+1. The number of allylic oxidation sites excluding steroid dienone is 2. The Morgan fingerprint density at radius 2 is 1.45 bits per heavy atom. The largest absolute Gasteiger partial charge is 0.462 e. The number of ether oxygens (including phenoxy) is 1. The predicted molar refractivity (Wildman–Crippen MR) is 127 cm³/mol. The van der Waals surface area contributed by atoms with Gasteiger partial charge in [0.25, 0.3) is 0 Å². The van der Waals surface area contributed by atoms with Gasteiger partial charge in [0.2, 0.25) is 0 Å². The SMILES string of the molecule is CCCCCCCCCCCC[N+](C)(C)CC(=O)OCCC(C)CCC=C(C)C. The minimum atomic E-state index is -0.0430. The molecule has 0 spiro atoms. The van der Waals surface area contributed by atoms with Gasteiger partial charge in [-0.2, -0.15) is 0 Å². The van der Waals surface area contributed by atoms with E-state index >= 15 is 0 Å². The van der Waals surface area contributed by atoms with Crippen LogP contribution in [0.3, 0.4) is 0 Å². The summed E-state index contributed by atoms with van der Waals surface area (Å²) < 4.78 is 6.25. The second-order valence-corrected chi connectivity index (χ2v) is 9.97. The molecule has 0 fully saturated rings. The van der Waals surface area contributed by atoms with Crippen molar-refractivity contribution in [2.24, 2.45) is 5.92 Å². The summed E-state index contributed by atoms with van der Waals surface area (Å²) in [7, 11) is 4.30. The molecule has 0 saturated carbocycles. The zero-order valence-electron chi connectivity index (χ0n) is 20.7. The van der Waals surface area contributed by atoms with E-state index in [4.69, 9.17) is 4.74 Å². The van der Waals surface area contributed by atoms with Gasteiger partial charge in [0, 0.05) is 0 Å². The Labute approximate surface area is 182 Å². The molecule has 0 saturated heterocycles. The smallest absolute Gasteiger partial charge is 0.361 e. The highest BCUT2D eigenvalue weighted by atomic mass is 16.5. The minimum Gasteiger partial charge on any atom is -0.462 e. The van der Waals surface area contributed by atoms with E-state index in [1.165, 1.54) is 76.2 Å². The first kappa shape index (κ1) is 28.2. The number of carbonyl (C=O) groups is 1. The summed E-state index contributed by atoms with van der Waals surface area (Å²) in [6.07, 6.45) is 19.1. The number of hydrogen-bond acceptors (Lipinski definition) is 2. The van der Waals surface area contributed by atoms with Crippen molar-refractivity contribution in [1.82, 2.24) is 0 Å². The van der Waals surface area contributed by atoms with Crippen LogP contribution in [0.4, 0.5) is 0 Å². The van der Waals surface area contributed by atoms with Gasteiger partial charge in [-0.25, -0.2) is 4.79 Å². The molecule has 1 unspecified atom stereocenters. The number of likely N-dealkylation sites (N-methyl/N-ethyl adjacent to an activating group) is 1. The van der Waals surface area contributed by atoms with E-state index in [-0.39, 0.29) is 5.97 Å². The van der Waals surface area contributed by atoms with Crippen LogP contribution >= 0.6 is 0 Å². The second-order valence-electron chi connectivity index (χ2n) is 9.97. The molecule has 0 rings (SSSR count). The summed E-state index contributed by atoms with van der Waals surface area (Å²) in [5.41, 5.74) is 1.38. The van der Waals surface area contributed by atoms with E-state index in [1.807, 2.05) is 0 Å². The molecule has 0 aliphatic rings. The molecule has 1 atom stereocenters. The van der Waals surface area contributed by atoms with Crippen molar-refractivity contribution in [3.63, 3.8) is 0 Å². The maximum absolute atomic E-state index is 12.2. The lowest BCUT2D eigenvalue weighted by molar-refractivity contribution is -0.883. The van der Waals surface area contributed by atoms with Crippen LogP contribution in [0, 0.1) is 5.92 Å². The van der Waals surface area contributed by atoms with Crippen molar-refractivity contribution in [3.8, 4) is 0 Å².